The van der Waals surface area contributed by atoms with E-state index in [1.165, 1.54) is 0 Å². The van der Waals surface area contributed by atoms with Gasteiger partial charge >= 0.3 is 12.1 Å². The summed E-state index contributed by atoms with van der Waals surface area (Å²) in [6, 6.07) is 2.87. The number of carbonyl (C=O) groups is 3. The van der Waals surface area contributed by atoms with Crippen molar-refractivity contribution in [3.63, 3.8) is 0 Å². The summed E-state index contributed by atoms with van der Waals surface area (Å²) in [7, 11) is 3.83. The summed E-state index contributed by atoms with van der Waals surface area (Å²) in [6.45, 7) is 18.5. The zero-order valence-corrected chi connectivity index (χ0v) is 37.0. The number of likely N-dealkylation sites (N-methyl/N-ethyl adjacent to an activating group) is 1. The lowest BCUT2D eigenvalue weighted by Gasteiger charge is -2.46. The summed E-state index contributed by atoms with van der Waals surface area (Å²) in [5, 5.41) is 11.6. The summed E-state index contributed by atoms with van der Waals surface area (Å²) in [5.74, 6) is -2.69. The van der Waals surface area contributed by atoms with Crippen LogP contribution in [0.3, 0.4) is 0 Å². The van der Waals surface area contributed by atoms with Gasteiger partial charge in [-0.15, -0.1) is 0 Å². The highest BCUT2D eigenvalue weighted by atomic mass is 16.7. The topological polar surface area (TPSA) is 164 Å². The van der Waals surface area contributed by atoms with Crippen LogP contribution in [0, 0.1) is 17.8 Å². The standard InChI is InChI=1S/C45H67N5O10/c1-11-36-45(8)40(50(43(54)60-45)18-13-12-17-49-23-33(47-26-49)32-15-14-16-46-22-32)31(6)38(51)28(3)21-44(7)37(59-42-39(52)34(48(9)10)19-29(4)57-42)20-35(30(5)41(53)58-36)55-24-27(2)25-56-44/h14-16,22-23,26,28-31,34-37,39-40,42,52H,2,11-13,17-21,24-25H2,1,3-10H3/t28-,29-,30-,31+,34+,35-,36-,37-,39-,40?,42?,44+,45?/m1/s1. The van der Waals surface area contributed by atoms with E-state index in [2.05, 4.69) is 16.5 Å². The zero-order chi connectivity index (χ0) is 43.5. The van der Waals surface area contributed by atoms with Crippen molar-refractivity contribution in [2.75, 3.05) is 33.9 Å². The Labute approximate surface area is 355 Å². The van der Waals surface area contributed by atoms with Gasteiger partial charge in [-0.25, -0.2) is 9.78 Å². The Balaban J connectivity index is 1.29. The number of imidazole rings is 1. The maximum atomic E-state index is 14.9. The second-order valence-corrected chi connectivity index (χ2v) is 18.2. The second kappa shape index (κ2) is 19.1. The third-order valence-corrected chi connectivity index (χ3v) is 13.2. The second-order valence-electron chi connectivity index (χ2n) is 18.2. The molecule has 1 amide bonds. The van der Waals surface area contributed by atoms with Crippen LogP contribution in [0.25, 0.3) is 11.3 Å². The third-order valence-electron chi connectivity index (χ3n) is 13.2. The number of hydrogen-bond donors (Lipinski definition) is 1. The summed E-state index contributed by atoms with van der Waals surface area (Å²) in [5.41, 5.74) is -0.0399. The van der Waals surface area contributed by atoms with Crippen LogP contribution in [0.5, 0.6) is 0 Å². The van der Waals surface area contributed by atoms with E-state index in [1.807, 2.05) is 76.5 Å². The maximum Gasteiger partial charge on any atom is 0.410 e. The molecule has 332 valence electrons. The van der Waals surface area contributed by atoms with E-state index < -0.39 is 77.8 Å². The number of Topliss-reactive ketones (excluding diaryl/α,β-unsaturated/α-hetero) is 1. The summed E-state index contributed by atoms with van der Waals surface area (Å²) >= 11 is 0. The van der Waals surface area contributed by atoms with Crippen LogP contribution in [0.4, 0.5) is 4.79 Å². The molecule has 60 heavy (non-hydrogen) atoms. The predicted octanol–water partition coefficient (Wildman–Crippen LogP) is 5.44. The number of esters is 1. The lowest BCUT2D eigenvalue weighted by atomic mass is 9.74. The number of hydrogen-bond acceptors (Lipinski definition) is 13. The molecule has 0 saturated carbocycles. The van der Waals surface area contributed by atoms with Gasteiger partial charge < -0.3 is 47.9 Å². The summed E-state index contributed by atoms with van der Waals surface area (Å²) < 4.78 is 40.8. The molecule has 2 aromatic heterocycles. The molecule has 6 rings (SSSR count). The summed E-state index contributed by atoms with van der Waals surface area (Å²) in [4.78, 5) is 55.5. The van der Waals surface area contributed by atoms with Crippen molar-refractivity contribution in [1.29, 1.82) is 0 Å². The Bertz CT molecular complexity index is 1810. The number of ether oxygens (including phenoxy) is 6. The van der Waals surface area contributed by atoms with Gasteiger partial charge in [0.1, 0.15) is 18.0 Å². The van der Waals surface area contributed by atoms with E-state index in [4.69, 9.17) is 28.4 Å². The largest absolute Gasteiger partial charge is 0.458 e. The quantitative estimate of drug-likeness (QED) is 0.183. The van der Waals surface area contributed by atoms with Crippen molar-refractivity contribution in [1.82, 2.24) is 24.3 Å². The van der Waals surface area contributed by atoms with E-state index in [9.17, 15) is 19.5 Å². The Morgan fingerprint density at radius 3 is 2.50 bits per heavy atom. The molecule has 13 atom stereocenters. The molecule has 4 aliphatic heterocycles. The molecule has 0 spiro atoms. The molecule has 15 nitrogen and oxygen atoms in total. The zero-order valence-electron chi connectivity index (χ0n) is 37.0. The van der Waals surface area contributed by atoms with E-state index in [0.29, 0.717) is 37.9 Å². The van der Waals surface area contributed by atoms with Crippen molar-refractivity contribution >= 4 is 17.8 Å². The number of aliphatic hydroxyl groups excluding tert-OH is 1. The number of carbonyl (C=O) groups excluding carboxylic acids is 3. The number of aliphatic hydroxyl groups is 1. The van der Waals surface area contributed by atoms with E-state index in [0.717, 1.165) is 17.7 Å². The van der Waals surface area contributed by atoms with Crippen LogP contribution in [0.2, 0.25) is 0 Å². The van der Waals surface area contributed by atoms with Crippen molar-refractivity contribution in [3.8, 4) is 11.3 Å². The minimum atomic E-state index is -1.33. The average molecular weight is 838 g/mol. The van der Waals surface area contributed by atoms with E-state index >= 15 is 0 Å². The molecule has 0 radical (unpaired) electrons. The molecular weight excluding hydrogens is 771 g/mol. The molecule has 3 unspecified atom stereocenters. The number of pyridine rings is 1. The number of nitrogens with zero attached hydrogens (tertiary/aromatic N) is 5. The molecule has 4 aliphatic rings. The Morgan fingerprint density at radius 1 is 1.05 bits per heavy atom. The first kappa shape index (κ1) is 45.8. The number of cyclic esters (lactones) is 1. The van der Waals surface area contributed by atoms with Gasteiger partial charge in [0.05, 0.1) is 61.1 Å². The normalized spacial score (nSPS) is 37.2. The Hall–Kier alpha value is -3.73. The van der Waals surface area contributed by atoms with Crippen molar-refractivity contribution in [3.05, 3.63) is 49.2 Å². The monoisotopic (exact) mass is 837 g/mol. The Morgan fingerprint density at radius 2 is 1.80 bits per heavy atom. The van der Waals surface area contributed by atoms with Gasteiger partial charge in [-0.3, -0.25) is 14.6 Å². The highest BCUT2D eigenvalue weighted by molar-refractivity contribution is 5.85. The molecule has 2 bridgehead atoms. The van der Waals surface area contributed by atoms with Crippen LogP contribution in [0.1, 0.15) is 87.0 Å². The number of ketones is 1. The maximum absolute atomic E-state index is 14.9. The highest BCUT2D eigenvalue weighted by Crippen LogP contribution is 2.43. The van der Waals surface area contributed by atoms with Crippen LogP contribution in [0.15, 0.2) is 49.2 Å². The SMILES string of the molecule is C=C1CO[C@@H]2C[C@@H](OC3O[C@H](C)C[C@H](N(C)C)[C@H]3O)[C@](C)(C[C@@H](C)C(=O)[C@H](C)C3N(CCCCn4cnc(-c5cccnc5)c4)C(=O)OC3(C)[C@@H](CC)OC(=O)[C@@H]2C)OC1. The first-order chi connectivity index (χ1) is 28.4. The fourth-order valence-electron chi connectivity index (χ4n) is 9.73. The van der Waals surface area contributed by atoms with E-state index in [-0.39, 0.29) is 44.0 Å². The average Bonchev–Trinajstić information content (AvgIpc) is 3.80. The predicted molar refractivity (Wildman–Crippen MR) is 223 cm³/mol. The smallest absolute Gasteiger partial charge is 0.410 e. The van der Waals surface area contributed by atoms with Crippen LogP contribution >= 0.6 is 0 Å². The lowest BCUT2D eigenvalue weighted by Crippen LogP contribution is -2.59. The van der Waals surface area contributed by atoms with Gasteiger partial charge in [-0.2, -0.15) is 0 Å². The summed E-state index contributed by atoms with van der Waals surface area (Å²) in [6.07, 6.45) is 4.86. The highest BCUT2D eigenvalue weighted by Gasteiger charge is 2.60. The Kier molecular flexibility index (Phi) is 14.6. The molecule has 4 saturated heterocycles. The number of amides is 1. The van der Waals surface area contributed by atoms with Crippen molar-refractivity contribution in [2.45, 2.75) is 154 Å². The third kappa shape index (κ3) is 9.81. The van der Waals surface area contributed by atoms with Gasteiger partial charge in [0.25, 0.3) is 0 Å². The minimum Gasteiger partial charge on any atom is -0.458 e. The van der Waals surface area contributed by atoms with Crippen LogP contribution < -0.4 is 0 Å². The minimum absolute atomic E-state index is 0.0900. The molecule has 1 N–H and O–H groups in total. The molecule has 0 aromatic carbocycles. The van der Waals surface area contributed by atoms with Gasteiger partial charge in [-0.05, 0) is 91.6 Å². The van der Waals surface area contributed by atoms with Gasteiger partial charge in [0.2, 0.25) is 0 Å². The van der Waals surface area contributed by atoms with Gasteiger partial charge in [-0.1, -0.05) is 27.4 Å². The number of aromatic nitrogens is 3. The first-order valence-electron chi connectivity index (χ1n) is 21.7. The molecular formula is C45H67N5O10. The molecule has 15 heteroatoms. The fourth-order valence-corrected chi connectivity index (χ4v) is 9.73. The van der Waals surface area contributed by atoms with Crippen LogP contribution in [-0.2, 0) is 44.6 Å². The van der Waals surface area contributed by atoms with Crippen LogP contribution in [-0.4, -0.2) is 141 Å². The number of fused-ring (bicyclic) bond motifs is 4. The number of rotatable bonds is 10. The van der Waals surface area contributed by atoms with Gasteiger partial charge in [0, 0.05) is 61.5 Å². The van der Waals surface area contributed by atoms with Gasteiger partial charge in [0.15, 0.2) is 11.9 Å². The van der Waals surface area contributed by atoms with E-state index in [1.54, 1.807) is 37.5 Å². The number of unbranched alkanes of at least 4 members (excludes halogenated alkanes) is 1. The molecule has 6 heterocycles. The molecule has 4 fully saturated rings. The molecule has 2 aromatic rings. The van der Waals surface area contributed by atoms with Crippen molar-refractivity contribution < 1.29 is 47.9 Å². The van der Waals surface area contributed by atoms with Crippen molar-refractivity contribution in [2.24, 2.45) is 17.8 Å². The number of aryl methyl sites for hydroxylation is 1. The molecule has 0 aliphatic carbocycles. The lowest BCUT2D eigenvalue weighted by molar-refractivity contribution is -0.294. The first-order valence-corrected chi connectivity index (χ1v) is 21.7. The fraction of sp³-hybridized carbons (Fsp3) is 0.711.